The standard InChI is InChI=1S/C14H11N5O/c15-14(20)13-12(17-19-18-13)10-6-4-9(5-7-10)11-3-1-2-8-16-11/h1-8H,(H2,15,20)(H,17,18,19). The van der Waals surface area contributed by atoms with Gasteiger partial charge in [-0.1, -0.05) is 30.3 Å². The summed E-state index contributed by atoms with van der Waals surface area (Å²) < 4.78 is 0. The second kappa shape index (κ2) is 4.93. The van der Waals surface area contributed by atoms with Crippen molar-refractivity contribution < 1.29 is 4.79 Å². The molecule has 0 aliphatic carbocycles. The molecule has 0 saturated carbocycles. The molecule has 0 radical (unpaired) electrons. The monoisotopic (exact) mass is 265 g/mol. The van der Waals surface area contributed by atoms with Crippen molar-refractivity contribution >= 4 is 5.91 Å². The fourth-order valence-electron chi connectivity index (χ4n) is 1.94. The maximum absolute atomic E-state index is 11.2. The Kier molecular flexibility index (Phi) is 2.96. The van der Waals surface area contributed by atoms with Crippen LogP contribution in [0.3, 0.4) is 0 Å². The number of aromatic amines is 1. The maximum Gasteiger partial charge on any atom is 0.271 e. The van der Waals surface area contributed by atoms with Crippen molar-refractivity contribution in [2.75, 3.05) is 0 Å². The van der Waals surface area contributed by atoms with E-state index in [1.54, 1.807) is 6.20 Å². The van der Waals surface area contributed by atoms with Gasteiger partial charge in [0.25, 0.3) is 5.91 Å². The molecule has 0 bridgehead atoms. The first-order valence-corrected chi connectivity index (χ1v) is 5.98. The van der Waals surface area contributed by atoms with E-state index in [2.05, 4.69) is 20.4 Å². The molecule has 3 aromatic rings. The smallest absolute Gasteiger partial charge is 0.271 e. The summed E-state index contributed by atoms with van der Waals surface area (Å²) in [5, 5.41) is 10.1. The summed E-state index contributed by atoms with van der Waals surface area (Å²) in [6, 6.07) is 13.3. The summed E-state index contributed by atoms with van der Waals surface area (Å²) in [7, 11) is 0. The van der Waals surface area contributed by atoms with Gasteiger partial charge in [0, 0.05) is 17.3 Å². The van der Waals surface area contributed by atoms with Crippen LogP contribution in [0.2, 0.25) is 0 Å². The number of benzene rings is 1. The molecule has 1 aromatic carbocycles. The molecule has 0 spiro atoms. The van der Waals surface area contributed by atoms with E-state index in [1.165, 1.54) is 0 Å². The molecule has 2 heterocycles. The summed E-state index contributed by atoms with van der Waals surface area (Å²) in [6.07, 6.45) is 1.74. The van der Waals surface area contributed by atoms with Crippen molar-refractivity contribution in [3.63, 3.8) is 0 Å². The Balaban J connectivity index is 1.98. The Morgan fingerprint density at radius 1 is 1.00 bits per heavy atom. The zero-order valence-electron chi connectivity index (χ0n) is 10.4. The third kappa shape index (κ3) is 2.14. The second-order valence-electron chi connectivity index (χ2n) is 4.18. The van der Waals surface area contributed by atoms with Crippen molar-refractivity contribution in [2.24, 2.45) is 5.73 Å². The molecule has 6 heteroatoms. The zero-order valence-corrected chi connectivity index (χ0v) is 10.4. The average Bonchev–Trinajstić information content (AvgIpc) is 2.98. The number of amides is 1. The molecular weight excluding hydrogens is 254 g/mol. The molecule has 0 saturated heterocycles. The van der Waals surface area contributed by atoms with Crippen LogP contribution in [0, 0.1) is 0 Å². The van der Waals surface area contributed by atoms with E-state index in [9.17, 15) is 4.79 Å². The first-order chi connectivity index (χ1) is 9.75. The molecule has 0 aliphatic rings. The van der Waals surface area contributed by atoms with Crippen LogP contribution in [0.5, 0.6) is 0 Å². The van der Waals surface area contributed by atoms with Crippen molar-refractivity contribution in [2.45, 2.75) is 0 Å². The molecule has 0 atom stereocenters. The van der Waals surface area contributed by atoms with E-state index in [4.69, 9.17) is 5.73 Å². The van der Waals surface area contributed by atoms with Crippen molar-refractivity contribution in [3.05, 3.63) is 54.4 Å². The highest BCUT2D eigenvalue weighted by Crippen LogP contribution is 2.23. The fourth-order valence-corrected chi connectivity index (χ4v) is 1.94. The lowest BCUT2D eigenvalue weighted by Crippen LogP contribution is -2.12. The van der Waals surface area contributed by atoms with Gasteiger partial charge in [-0.2, -0.15) is 15.4 Å². The van der Waals surface area contributed by atoms with Gasteiger partial charge < -0.3 is 5.73 Å². The highest BCUT2D eigenvalue weighted by molar-refractivity contribution is 5.96. The van der Waals surface area contributed by atoms with E-state index >= 15 is 0 Å². The minimum absolute atomic E-state index is 0.135. The van der Waals surface area contributed by atoms with Gasteiger partial charge in [-0.3, -0.25) is 9.78 Å². The topological polar surface area (TPSA) is 97.6 Å². The number of aromatic nitrogens is 4. The second-order valence-corrected chi connectivity index (χ2v) is 4.18. The Bertz CT molecular complexity index is 734. The number of nitrogens with two attached hydrogens (primary N) is 1. The number of carbonyl (C=O) groups is 1. The highest BCUT2D eigenvalue weighted by Gasteiger charge is 2.14. The predicted molar refractivity (Wildman–Crippen MR) is 73.6 cm³/mol. The van der Waals surface area contributed by atoms with Gasteiger partial charge in [0.15, 0.2) is 5.69 Å². The Labute approximate surface area is 114 Å². The summed E-state index contributed by atoms with van der Waals surface area (Å²) in [6.45, 7) is 0. The zero-order chi connectivity index (χ0) is 13.9. The van der Waals surface area contributed by atoms with Crippen LogP contribution in [0.15, 0.2) is 48.7 Å². The number of nitrogens with one attached hydrogen (secondary N) is 1. The molecule has 0 aliphatic heterocycles. The quantitative estimate of drug-likeness (QED) is 0.752. The third-order valence-electron chi connectivity index (χ3n) is 2.90. The molecule has 2 aromatic heterocycles. The first-order valence-electron chi connectivity index (χ1n) is 5.98. The van der Waals surface area contributed by atoms with Gasteiger partial charge in [-0.05, 0) is 12.1 Å². The van der Waals surface area contributed by atoms with Crippen molar-refractivity contribution in [1.82, 2.24) is 20.4 Å². The molecule has 1 amide bonds. The number of carbonyl (C=O) groups excluding carboxylic acids is 1. The van der Waals surface area contributed by atoms with Crippen LogP contribution in [-0.4, -0.2) is 26.3 Å². The molecule has 20 heavy (non-hydrogen) atoms. The van der Waals surface area contributed by atoms with Gasteiger partial charge in [0.1, 0.15) is 5.69 Å². The number of rotatable bonds is 3. The average molecular weight is 265 g/mol. The van der Waals surface area contributed by atoms with Gasteiger partial charge in [-0.25, -0.2) is 0 Å². The number of pyridine rings is 1. The Hall–Kier alpha value is -3.02. The van der Waals surface area contributed by atoms with Gasteiger partial charge in [0.05, 0.1) is 5.69 Å². The van der Waals surface area contributed by atoms with Crippen molar-refractivity contribution in [3.8, 4) is 22.5 Å². The van der Waals surface area contributed by atoms with E-state index in [-0.39, 0.29) is 5.69 Å². The van der Waals surface area contributed by atoms with Crippen LogP contribution in [0.4, 0.5) is 0 Å². The molecule has 3 rings (SSSR count). The third-order valence-corrected chi connectivity index (χ3v) is 2.90. The predicted octanol–water partition coefficient (Wildman–Crippen LogP) is 1.63. The number of hydrogen-bond acceptors (Lipinski definition) is 4. The maximum atomic E-state index is 11.2. The van der Waals surface area contributed by atoms with Crippen LogP contribution < -0.4 is 5.73 Å². The van der Waals surface area contributed by atoms with Gasteiger partial charge >= 0.3 is 0 Å². The van der Waals surface area contributed by atoms with E-state index in [0.717, 1.165) is 16.8 Å². The fraction of sp³-hybridized carbons (Fsp3) is 0. The molecule has 6 nitrogen and oxygen atoms in total. The normalized spacial score (nSPS) is 10.4. The summed E-state index contributed by atoms with van der Waals surface area (Å²) in [5.74, 6) is -0.609. The molecule has 0 unspecified atom stereocenters. The molecule has 3 N–H and O–H groups in total. The number of H-pyrrole nitrogens is 1. The lowest BCUT2D eigenvalue weighted by atomic mass is 10.1. The van der Waals surface area contributed by atoms with E-state index in [0.29, 0.717) is 5.69 Å². The number of nitrogens with zero attached hydrogens (tertiary/aromatic N) is 3. The first kappa shape index (κ1) is 12.0. The molecule has 0 fully saturated rings. The molecular formula is C14H11N5O. The summed E-state index contributed by atoms with van der Waals surface area (Å²) >= 11 is 0. The van der Waals surface area contributed by atoms with E-state index < -0.39 is 5.91 Å². The SMILES string of the molecule is NC(=O)c1n[nH]nc1-c1ccc(-c2ccccn2)cc1. The number of primary amides is 1. The van der Waals surface area contributed by atoms with Gasteiger partial charge in [-0.15, -0.1) is 0 Å². The van der Waals surface area contributed by atoms with Crippen LogP contribution in [-0.2, 0) is 0 Å². The largest absolute Gasteiger partial charge is 0.364 e. The van der Waals surface area contributed by atoms with Gasteiger partial charge in [0.2, 0.25) is 0 Å². The van der Waals surface area contributed by atoms with Crippen LogP contribution in [0.25, 0.3) is 22.5 Å². The van der Waals surface area contributed by atoms with Crippen LogP contribution >= 0.6 is 0 Å². The van der Waals surface area contributed by atoms with Crippen LogP contribution in [0.1, 0.15) is 10.5 Å². The summed E-state index contributed by atoms with van der Waals surface area (Å²) in [5.41, 5.74) is 8.47. The molecule has 98 valence electrons. The minimum Gasteiger partial charge on any atom is -0.364 e. The Morgan fingerprint density at radius 3 is 2.40 bits per heavy atom. The highest BCUT2D eigenvalue weighted by atomic mass is 16.1. The van der Waals surface area contributed by atoms with E-state index in [1.807, 2.05) is 42.5 Å². The Morgan fingerprint density at radius 2 is 1.75 bits per heavy atom. The minimum atomic E-state index is -0.609. The summed E-state index contributed by atoms with van der Waals surface area (Å²) in [4.78, 5) is 15.5. The number of hydrogen-bond donors (Lipinski definition) is 2. The lowest BCUT2D eigenvalue weighted by molar-refractivity contribution is 0.0996. The lowest BCUT2D eigenvalue weighted by Gasteiger charge is -2.02. The van der Waals surface area contributed by atoms with Crippen molar-refractivity contribution in [1.29, 1.82) is 0 Å².